The van der Waals surface area contributed by atoms with Crippen molar-refractivity contribution in [1.29, 1.82) is 0 Å². The molecule has 2 aliphatic rings. The van der Waals surface area contributed by atoms with E-state index in [0.717, 1.165) is 86.0 Å². The number of benzene rings is 5. The summed E-state index contributed by atoms with van der Waals surface area (Å²) in [7, 11) is 0. The Morgan fingerprint density at radius 3 is 1.82 bits per heavy atom. The zero-order valence-electron chi connectivity index (χ0n) is 35.2. The molecule has 8 nitrogen and oxygen atoms in total. The number of unbranched alkanes of at least 4 members (excludes halogenated alkanes) is 6. The lowest BCUT2D eigenvalue weighted by Crippen LogP contribution is -2.65. The molecular weight excluding hydrogens is 749 g/mol. The van der Waals surface area contributed by atoms with E-state index >= 15 is 0 Å². The molecule has 1 fully saturated rings. The van der Waals surface area contributed by atoms with Crippen LogP contribution in [0.25, 0.3) is 0 Å². The number of nitrogens with one attached hydrogen (secondary N) is 1. The van der Waals surface area contributed by atoms with Gasteiger partial charge in [0.15, 0.2) is 12.5 Å². The summed E-state index contributed by atoms with van der Waals surface area (Å²) in [4.78, 5) is 14.3. The van der Waals surface area contributed by atoms with E-state index in [1.807, 2.05) is 142 Å². The smallest absolute Gasteiger partial charge is 0.345 e. The molecule has 0 aliphatic carbocycles. The number of nitrogens with zero attached hydrogens (tertiary/aromatic N) is 1. The fourth-order valence-corrected chi connectivity index (χ4v) is 7.90. The Balaban J connectivity index is 1.14. The number of piperidine rings is 1. The summed E-state index contributed by atoms with van der Waals surface area (Å²) in [5, 5.41) is 3.72. The molecule has 3 unspecified atom stereocenters. The van der Waals surface area contributed by atoms with E-state index in [-0.39, 0.29) is 18.2 Å². The summed E-state index contributed by atoms with van der Waals surface area (Å²) in [6, 6.07) is 45.7. The van der Waals surface area contributed by atoms with Crippen molar-refractivity contribution >= 4 is 5.97 Å². The fourth-order valence-electron chi connectivity index (χ4n) is 7.90. The average Bonchev–Trinajstić information content (AvgIpc) is 3.55. The highest BCUT2D eigenvalue weighted by molar-refractivity contribution is 5.69. The van der Waals surface area contributed by atoms with Gasteiger partial charge in [-0.25, -0.2) is 10.2 Å². The first-order valence-electron chi connectivity index (χ1n) is 21.5. The van der Waals surface area contributed by atoms with Crippen LogP contribution < -0.4 is 24.3 Å². The van der Waals surface area contributed by atoms with Gasteiger partial charge in [-0.2, -0.15) is 0 Å². The molecular formula is C52H58N2O6. The molecule has 312 valence electrons. The summed E-state index contributed by atoms with van der Waals surface area (Å²) in [5.74, 6) is 8.50. The van der Waals surface area contributed by atoms with Crippen LogP contribution in [0.1, 0.15) is 102 Å². The average molecular weight is 807 g/mol. The minimum absolute atomic E-state index is 0.110. The molecule has 8 heteroatoms. The Morgan fingerprint density at radius 2 is 1.22 bits per heavy atom. The SMILES string of the molecule is CC(C)(C)OC(=O)CCCCCCCCC#Cc1cccc2c1CN(C1CCC(Oc3ccccc3)NC1Oc1ccccc1)C2(Oc1ccccc1)Oc1ccccc1. The predicted molar refractivity (Wildman–Crippen MR) is 235 cm³/mol. The third-order valence-electron chi connectivity index (χ3n) is 10.6. The maximum atomic E-state index is 12.0. The standard InChI is InChI=1S/C52H58N2O6/c1-51(2,3)60-49(55)36-23-9-7-5-4-6-8-14-25-40-26-24-35-46-45(40)39-54(52(46,58-43-31-19-12-20-32-43)59-44-33-21-13-22-34-44)47-37-38-48(56-41-27-15-10-16-28-41)53-50(47)57-42-29-17-11-18-30-42/h10-13,15-22,24,26-35,47-48,50,53H,4-9,23,36-39H2,1-3H3. The number of fused-ring (bicyclic) bond motifs is 1. The number of hydrogen-bond donors (Lipinski definition) is 1. The maximum Gasteiger partial charge on any atom is 0.345 e. The number of ether oxygens (including phenoxy) is 5. The van der Waals surface area contributed by atoms with E-state index in [1.165, 1.54) is 0 Å². The molecule has 3 atom stereocenters. The normalized spacial score (nSPS) is 18.4. The molecule has 0 bridgehead atoms. The molecule has 2 heterocycles. The van der Waals surface area contributed by atoms with Crippen LogP contribution in [0.3, 0.4) is 0 Å². The first-order chi connectivity index (χ1) is 29.3. The minimum Gasteiger partial charge on any atom is -0.475 e. The number of esters is 1. The van der Waals surface area contributed by atoms with Gasteiger partial charge in [0.2, 0.25) is 0 Å². The third kappa shape index (κ3) is 11.5. The van der Waals surface area contributed by atoms with Crippen LogP contribution in [-0.4, -0.2) is 35.0 Å². The van der Waals surface area contributed by atoms with Gasteiger partial charge in [-0.1, -0.05) is 116 Å². The molecule has 5 aromatic rings. The van der Waals surface area contributed by atoms with Gasteiger partial charge in [-0.3, -0.25) is 4.79 Å². The second kappa shape index (κ2) is 20.5. The Hall–Kier alpha value is -5.75. The topological polar surface area (TPSA) is 78.5 Å². The molecule has 2 aliphatic heterocycles. The van der Waals surface area contributed by atoms with Gasteiger partial charge in [-0.15, -0.1) is 0 Å². The molecule has 0 radical (unpaired) electrons. The summed E-state index contributed by atoms with van der Waals surface area (Å²) in [6.45, 7) is 6.25. The zero-order chi connectivity index (χ0) is 41.6. The first-order valence-corrected chi connectivity index (χ1v) is 21.5. The van der Waals surface area contributed by atoms with E-state index in [2.05, 4.69) is 40.3 Å². The van der Waals surface area contributed by atoms with Crippen LogP contribution in [0, 0.1) is 11.8 Å². The van der Waals surface area contributed by atoms with Crippen molar-refractivity contribution in [2.24, 2.45) is 0 Å². The molecule has 1 N–H and O–H groups in total. The van der Waals surface area contributed by atoms with Crippen LogP contribution >= 0.6 is 0 Å². The molecule has 5 aromatic carbocycles. The van der Waals surface area contributed by atoms with E-state index in [1.54, 1.807) is 0 Å². The van der Waals surface area contributed by atoms with Gasteiger partial charge in [0, 0.05) is 24.9 Å². The van der Waals surface area contributed by atoms with E-state index < -0.39 is 17.7 Å². The van der Waals surface area contributed by atoms with E-state index in [0.29, 0.717) is 24.5 Å². The summed E-state index contributed by atoms with van der Waals surface area (Å²) in [5.41, 5.74) is 2.52. The molecule has 0 aromatic heterocycles. The Kier molecular flexibility index (Phi) is 14.5. The monoisotopic (exact) mass is 806 g/mol. The molecule has 7 rings (SSSR count). The van der Waals surface area contributed by atoms with Crippen LogP contribution in [-0.2, 0) is 22.0 Å². The summed E-state index contributed by atoms with van der Waals surface area (Å²) in [6.07, 6.45) is 8.24. The highest BCUT2D eigenvalue weighted by atomic mass is 16.7. The van der Waals surface area contributed by atoms with Gasteiger partial charge >= 0.3 is 11.9 Å². The van der Waals surface area contributed by atoms with Crippen LogP contribution in [0.15, 0.2) is 140 Å². The molecule has 60 heavy (non-hydrogen) atoms. The Labute approximate surface area is 356 Å². The lowest BCUT2D eigenvalue weighted by Gasteiger charge is -2.47. The minimum atomic E-state index is -1.36. The van der Waals surface area contributed by atoms with Crippen LogP contribution in [0.2, 0.25) is 0 Å². The number of rotatable bonds is 17. The van der Waals surface area contributed by atoms with Crippen molar-refractivity contribution in [2.45, 2.75) is 122 Å². The highest BCUT2D eigenvalue weighted by Crippen LogP contribution is 2.46. The lowest BCUT2D eigenvalue weighted by molar-refractivity contribution is -0.254. The Morgan fingerprint density at radius 1 is 0.667 bits per heavy atom. The Bertz CT molecular complexity index is 2110. The van der Waals surface area contributed by atoms with E-state index in [9.17, 15) is 4.79 Å². The number of carbonyl (C=O) groups is 1. The van der Waals surface area contributed by atoms with Crippen LogP contribution in [0.4, 0.5) is 0 Å². The van der Waals surface area contributed by atoms with Gasteiger partial charge in [0.05, 0.1) is 11.6 Å². The molecule has 1 saturated heterocycles. The van der Waals surface area contributed by atoms with Crippen molar-refractivity contribution in [2.75, 3.05) is 0 Å². The third-order valence-corrected chi connectivity index (χ3v) is 10.6. The molecule has 0 saturated carbocycles. The summed E-state index contributed by atoms with van der Waals surface area (Å²) < 4.78 is 33.1. The number of carbonyl (C=O) groups excluding carboxylic acids is 1. The quantitative estimate of drug-likeness (QED) is 0.0431. The molecule has 0 spiro atoms. The van der Waals surface area contributed by atoms with Gasteiger partial charge in [-0.05, 0) is 113 Å². The van der Waals surface area contributed by atoms with Crippen molar-refractivity contribution in [3.63, 3.8) is 0 Å². The highest BCUT2D eigenvalue weighted by Gasteiger charge is 2.56. The van der Waals surface area contributed by atoms with Crippen molar-refractivity contribution < 1.29 is 28.5 Å². The van der Waals surface area contributed by atoms with Crippen LogP contribution in [0.5, 0.6) is 23.0 Å². The van der Waals surface area contributed by atoms with Crippen molar-refractivity contribution in [1.82, 2.24) is 10.2 Å². The van der Waals surface area contributed by atoms with Crippen molar-refractivity contribution in [3.8, 4) is 34.8 Å². The van der Waals surface area contributed by atoms with Crippen molar-refractivity contribution in [3.05, 3.63) is 156 Å². The van der Waals surface area contributed by atoms with E-state index in [4.69, 9.17) is 23.7 Å². The maximum absolute atomic E-state index is 12.0. The first kappa shape index (κ1) is 42.4. The second-order valence-corrected chi connectivity index (χ2v) is 16.5. The van der Waals surface area contributed by atoms with Gasteiger partial charge in [0.25, 0.3) is 0 Å². The number of para-hydroxylation sites is 4. The largest absolute Gasteiger partial charge is 0.475 e. The fraction of sp³-hybridized carbons (Fsp3) is 0.365. The predicted octanol–water partition coefficient (Wildman–Crippen LogP) is 11.1. The second-order valence-electron chi connectivity index (χ2n) is 16.5. The zero-order valence-corrected chi connectivity index (χ0v) is 35.2. The lowest BCUT2D eigenvalue weighted by atomic mass is 10.0. The van der Waals surface area contributed by atoms with Gasteiger partial charge in [0.1, 0.15) is 28.6 Å². The van der Waals surface area contributed by atoms with Gasteiger partial charge < -0.3 is 23.7 Å². The molecule has 0 amide bonds. The number of hydrogen-bond acceptors (Lipinski definition) is 8. The summed E-state index contributed by atoms with van der Waals surface area (Å²) >= 11 is 0.